The molecule has 1 nitrogen and oxygen atoms in total. The third-order valence-electron chi connectivity index (χ3n) is 1.66. The molecular weight excluding hydrogens is 296 g/mol. The van der Waals surface area contributed by atoms with Gasteiger partial charge in [0.1, 0.15) is 5.75 Å². The normalized spacial score (nSPS) is 10.1. The Balaban J connectivity index is 2.64. The molecule has 0 radical (unpaired) electrons. The van der Waals surface area contributed by atoms with Gasteiger partial charge in [0.05, 0.1) is 15.6 Å². The zero-order valence-corrected chi connectivity index (χ0v) is 10.7. The monoisotopic (exact) mass is 306 g/mol. The average molecular weight is 308 g/mol. The molecule has 0 amide bonds. The van der Waals surface area contributed by atoms with E-state index in [1.807, 2.05) is 18.2 Å². The Morgan fingerprint density at radius 1 is 1.23 bits per heavy atom. The zero-order chi connectivity index (χ0) is 9.68. The summed E-state index contributed by atoms with van der Waals surface area (Å²) in [5.74, 6) is 0.899. The van der Waals surface area contributed by atoms with Crippen LogP contribution in [0, 0.1) is 0 Å². The maximum Gasteiger partial charge on any atom is 0.147 e. The number of ether oxygens (including phenoxy) is 1. The Labute approximate surface area is 95.7 Å². The minimum atomic E-state index is 0.776. The molecule has 0 heterocycles. The maximum atomic E-state index is 5.61. The third kappa shape index (κ3) is 3.31. The molecule has 0 unspecified atom stereocenters. The highest BCUT2D eigenvalue weighted by molar-refractivity contribution is 9.11. The van der Waals surface area contributed by atoms with Crippen molar-refractivity contribution in [3.63, 3.8) is 0 Å². The van der Waals surface area contributed by atoms with E-state index in [1.54, 1.807) is 0 Å². The summed E-state index contributed by atoms with van der Waals surface area (Å²) in [6.07, 6.45) is 2.25. The van der Waals surface area contributed by atoms with Crippen molar-refractivity contribution >= 4 is 31.9 Å². The minimum absolute atomic E-state index is 0.776. The average Bonchev–Trinajstić information content (AvgIpc) is 2.10. The van der Waals surface area contributed by atoms with Gasteiger partial charge in [0.2, 0.25) is 0 Å². The predicted molar refractivity (Wildman–Crippen MR) is 62.2 cm³/mol. The summed E-state index contributed by atoms with van der Waals surface area (Å²) < 4.78 is 7.61. The number of para-hydroxylation sites is 1. The second kappa shape index (κ2) is 5.66. The smallest absolute Gasteiger partial charge is 0.147 e. The van der Waals surface area contributed by atoms with Crippen molar-refractivity contribution in [2.45, 2.75) is 19.8 Å². The number of rotatable bonds is 4. The van der Waals surface area contributed by atoms with Crippen LogP contribution in [0.1, 0.15) is 19.8 Å². The Kier molecular flexibility index (Phi) is 4.81. The molecule has 1 aromatic rings. The van der Waals surface area contributed by atoms with E-state index in [1.165, 1.54) is 0 Å². The standard InChI is InChI=1S/C10H12Br2O/c1-2-3-7-13-10-8(11)5-4-6-9(10)12/h4-6H,2-3,7H2,1H3. The Bertz CT molecular complexity index is 253. The molecule has 0 saturated heterocycles. The fourth-order valence-corrected chi connectivity index (χ4v) is 2.17. The van der Waals surface area contributed by atoms with Crippen LogP contribution in [0.25, 0.3) is 0 Å². The summed E-state index contributed by atoms with van der Waals surface area (Å²) in [7, 11) is 0. The topological polar surface area (TPSA) is 9.23 Å². The van der Waals surface area contributed by atoms with Crippen molar-refractivity contribution < 1.29 is 4.74 Å². The first kappa shape index (κ1) is 11.1. The number of benzene rings is 1. The van der Waals surface area contributed by atoms with Gasteiger partial charge in [0.15, 0.2) is 0 Å². The molecule has 3 heteroatoms. The summed E-state index contributed by atoms with van der Waals surface area (Å²) in [5, 5.41) is 0. The molecule has 72 valence electrons. The van der Waals surface area contributed by atoms with Gasteiger partial charge in [-0.05, 0) is 50.4 Å². The summed E-state index contributed by atoms with van der Waals surface area (Å²) in [5.41, 5.74) is 0. The summed E-state index contributed by atoms with van der Waals surface area (Å²) in [4.78, 5) is 0. The molecule has 13 heavy (non-hydrogen) atoms. The van der Waals surface area contributed by atoms with Gasteiger partial charge >= 0.3 is 0 Å². The van der Waals surface area contributed by atoms with Crippen molar-refractivity contribution in [3.8, 4) is 5.75 Å². The molecule has 1 rings (SSSR count). The van der Waals surface area contributed by atoms with Gasteiger partial charge in [0.25, 0.3) is 0 Å². The Hall–Kier alpha value is -0.0200. The highest BCUT2D eigenvalue weighted by Crippen LogP contribution is 2.32. The summed E-state index contributed by atoms with van der Waals surface area (Å²) >= 11 is 6.89. The van der Waals surface area contributed by atoms with Crippen LogP contribution >= 0.6 is 31.9 Å². The van der Waals surface area contributed by atoms with Crippen molar-refractivity contribution in [2.24, 2.45) is 0 Å². The minimum Gasteiger partial charge on any atom is -0.491 e. The van der Waals surface area contributed by atoms with Gasteiger partial charge < -0.3 is 4.74 Å². The molecular formula is C10H12Br2O. The first-order valence-electron chi connectivity index (χ1n) is 4.32. The van der Waals surface area contributed by atoms with Crippen LogP contribution in [0.4, 0.5) is 0 Å². The van der Waals surface area contributed by atoms with Gasteiger partial charge in [-0.3, -0.25) is 0 Å². The van der Waals surface area contributed by atoms with E-state index in [0.717, 1.165) is 34.1 Å². The van der Waals surface area contributed by atoms with Crippen molar-refractivity contribution in [3.05, 3.63) is 27.1 Å². The third-order valence-corrected chi connectivity index (χ3v) is 2.91. The Morgan fingerprint density at radius 2 is 1.85 bits per heavy atom. The molecule has 0 atom stereocenters. The molecule has 0 fully saturated rings. The molecule has 0 aliphatic heterocycles. The van der Waals surface area contributed by atoms with Crippen LogP contribution < -0.4 is 4.74 Å². The van der Waals surface area contributed by atoms with Crippen molar-refractivity contribution in [1.82, 2.24) is 0 Å². The van der Waals surface area contributed by atoms with Crippen LogP contribution in [-0.4, -0.2) is 6.61 Å². The van der Waals surface area contributed by atoms with Crippen LogP contribution in [-0.2, 0) is 0 Å². The van der Waals surface area contributed by atoms with E-state index in [4.69, 9.17) is 4.74 Å². The Morgan fingerprint density at radius 3 is 2.38 bits per heavy atom. The van der Waals surface area contributed by atoms with Crippen LogP contribution in [0.3, 0.4) is 0 Å². The largest absolute Gasteiger partial charge is 0.491 e. The summed E-state index contributed by atoms with van der Waals surface area (Å²) in [6, 6.07) is 5.93. The van der Waals surface area contributed by atoms with E-state index in [0.29, 0.717) is 0 Å². The first-order chi connectivity index (χ1) is 6.25. The fourth-order valence-electron chi connectivity index (χ4n) is 0.939. The maximum absolute atomic E-state index is 5.61. The zero-order valence-electron chi connectivity index (χ0n) is 7.52. The van der Waals surface area contributed by atoms with Crippen molar-refractivity contribution in [2.75, 3.05) is 6.61 Å². The van der Waals surface area contributed by atoms with E-state index in [9.17, 15) is 0 Å². The van der Waals surface area contributed by atoms with E-state index in [2.05, 4.69) is 38.8 Å². The lowest BCUT2D eigenvalue weighted by molar-refractivity contribution is 0.305. The van der Waals surface area contributed by atoms with Crippen molar-refractivity contribution in [1.29, 1.82) is 0 Å². The van der Waals surface area contributed by atoms with E-state index < -0.39 is 0 Å². The summed E-state index contributed by atoms with van der Waals surface area (Å²) in [6.45, 7) is 2.93. The lowest BCUT2D eigenvalue weighted by Gasteiger charge is -2.08. The van der Waals surface area contributed by atoms with Gasteiger partial charge in [-0.2, -0.15) is 0 Å². The van der Waals surface area contributed by atoms with Gasteiger partial charge in [0, 0.05) is 0 Å². The van der Waals surface area contributed by atoms with Crippen LogP contribution in [0.2, 0.25) is 0 Å². The molecule has 0 aliphatic carbocycles. The first-order valence-corrected chi connectivity index (χ1v) is 5.91. The van der Waals surface area contributed by atoms with Gasteiger partial charge in [-0.15, -0.1) is 0 Å². The highest BCUT2D eigenvalue weighted by atomic mass is 79.9. The van der Waals surface area contributed by atoms with E-state index >= 15 is 0 Å². The van der Waals surface area contributed by atoms with Crippen LogP contribution in [0.5, 0.6) is 5.75 Å². The SMILES string of the molecule is CCCCOc1c(Br)cccc1Br. The molecule has 0 aromatic heterocycles. The highest BCUT2D eigenvalue weighted by Gasteiger charge is 2.04. The second-order valence-corrected chi connectivity index (χ2v) is 4.46. The number of hydrogen-bond acceptors (Lipinski definition) is 1. The molecule has 0 bridgehead atoms. The molecule has 0 saturated carbocycles. The number of hydrogen-bond donors (Lipinski definition) is 0. The molecule has 1 aromatic carbocycles. The van der Waals surface area contributed by atoms with Gasteiger partial charge in [-0.25, -0.2) is 0 Å². The molecule has 0 spiro atoms. The van der Waals surface area contributed by atoms with Gasteiger partial charge in [-0.1, -0.05) is 19.4 Å². The predicted octanol–water partition coefficient (Wildman–Crippen LogP) is 4.39. The quantitative estimate of drug-likeness (QED) is 0.750. The number of unbranched alkanes of at least 4 members (excludes halogenated alkanes) is 1. The molecule has 0 aliphatic rings. The number of halogens is 2. The fraction of sp³-hybridized carbons (Fsp3) is 0.400. The second-order valence-electron chi connectivity index (χ2n) is 2.75. The van der Waals surface area contributed by atoms with Crippen LogP contribution in [0.15, 0.2) is 27.1 Å². The lowest BCUT2D eigenvalue weighted by atomic mass is 10.3. The van der Waals surface area contributed by atoms with E-state index in [-0.39, 0.29) is 0 Å². The lowest BCUT2D eigenvalue weighted by Crippen LogP contribution is -1.97. The molecule has 0 N–H and O–H groups in total.